The van der Waals surface area contributed by atoms with Gasteiger partial charge in [0.15, 0.2) is 11.5 Å². The number of nitrogens with zero attached hydrogens (tertiary/aromatic N) is 6. The number of amides is 1. The van der Waals surface area contributed by atoms with Crippen molar-refractivity contribution >= 4 is 38.2 Å². The van der Waals surface area contributed by atoms with Gasteiger partial charge in [0.2, 0.25) is 5.91 Å². The average molecular weight is 663 g/mol. The Bertz CT molecular complexity index is 2100. The van der Waals surface area contributed by atoms with E-state index in [1.165, 1.54) is 36.5 Å². The molecule has 1 aromatic carbocycles. The number of benzene rings is 1. The normalized spacial score (nSPS) is 21.3. The van der Waals surface area contributed by atoms with Gasteiger partial charge in [-0.2, -0.15) is 4.98 Å². The van der Waals surface area contributed by atoms with Crippen molar-refractivity contribution in [3.8, 4) is 16.9 Å². The molecule has 2 aliphatic heterocycles. The molecule has 47 heavy (non-hydrogen) atoms. The van der Waals surface area contributed by atoms with E-state index in [0.29, 0.717) is 12.2 Å². The predicted molar refractivity (Wildman–Crippen MR) is 178 cm³/mol. The molecule has 0 aliphatic carbocycles. The number of carbonyl (C=O) groups excluding carboxylic acids is 1. The fourth-order valence-electron chi connectivity index (χ4n) is 6.43. The fraction of sp³-hybridized carbons (Fsp3) is 0.364. The Labute approximate surface area is 271 Å². The minimum absolute atomic E-state index is 0.0550. The van der Waals surface area contributed by atoms with Crippen LogP contribution in [-0.2, 0) is 14.5 Å². The minimum atomic E-state index is -3.50. The van der Waals surface area contributed by atoms with Gasteiger partial charge < -0.3 is 15.1 Å². The van der Waals surface area contributed by atoms with Crippen LogP contribution in [0.4, 0.5) is 20.3 Å². The zero-order valence-corrected chi connectivity index (χ0v) is 27.4. The summed E-state index contributed by atoms with van der Waals surface area (Å²) >= 11 is 0. The molecule has 2 bridgehead atoms. The molecule has 4 aromatic rings. The lowest BCUT2D eigenvalue weighted by molar-refractivity contribution is -0.128. The van der Waals surface area contributed by atoms with Crippen molar-refractivity contribution in [1.82, 2.24) is 24.4 Å². The Balaban J connectivity index is 1.74. The molecule has 5 heterocycles. The van der Waals surface area contributed by atoms with E-state index >= 15 is 8.78 Å². The summed E-state index contributed by atoms with van der Waals surface area (Å²) < 4.78 is 56.2. The van der Waals surface area contributed by atoms with Crippen molar-refractivity contribution in [3.05, 3.63) is 77.0 Å². The van der Waals surface area contributed by atoms with E-state index in [1.807, 2.05) is 32.6 Å². The van der Waals surface area contributed by atoms with Crippen LogP contribution in [0.5, 0.6) is 0 Å². The molecule has 3 aromatic heterocycles. The lowest BCUT2D eigenvalue weighted by Crippen LogP contribution is -2.58. The highest BCUT2D eigenvalue weighted by Gasteiger charge is 2.35. The Hall–Kier alpha value is -4.72. The molecule has 0 saturated carbocycles. The number of nitrogens with one attached hydrogen (secondary N) is 2. The van der Waals surface area contributed by atoms with Crippen LogP contribution >= 0.6 is 0 Å². The minimum Gasteiger partial charge on any atom is -0.384 e. The van der Waals surface area contributed by atoms with E-state index in [1.54, 1.807) is 11.0 Å². The van der Waals surface area contributed by atoms with Crippen LogP contribution in [0.25, 0.3) is 28.0 Å². The van der Waals surface area contributed by atoms with Gasteiger partial charge in [0, 0.05) is 49.4 Å². The highest BCUT2D eigenvalue weighted by molar-refractivity contribution is 7.92. The molecular formula is C33H36F2N8O3S. The van der Waals surface area contributed by atoms with Crippen LogP contribution in [0.3, 0.4) is 0 Å². The molecule has 6 rings (SSSR count). The third-order valence-electron chi connectivity index (χ3n) is 8.73. The van der Waals surface area contributed by atoms with Crippen LogP contribution in [0.2, 0.25) is 0 Å². The highest BCUT2D eigenvalue weighted by atomic mass is 32.2. The topological polar surface area (TPSA) is 137 Å². The second-order valence-corrected chi connectivity index (χ2v) is 14.5. The maximum Gasteiger partial charge on any atom is 0.355 e. The SMILES string of the molecule is C=CC(=O)N1C[C@H](C)N(c2nc(=O)n3c4nc(c(F)cc24)-c2c(F)cccc2NCCCS(=N)(=O)c2ccnc(C(C)C)c2-3)C[C@H]1C. The molecule has 2 N–H and O–H groups in total. The van der Waals surface area contributed by atoms with E-state index in [-0.39, 0.29) is 93.6 Å². The first kappa shape index (κ1) is 32.2. The molecular weight excluding hydrogens is 626 g/mol. The molecule has 14 heteroatoms. The molecule has 0 radical (unpaired) electrons. The molecule has 3 atom stereocenters. The van der Waals surface area contributed by atoms with Crippen LogP contribution < -0.4 is 15.9 Å². The van der Waals surface area contributed by atoms with Crippen LogP contribution in [0, 0.1) is 16.4 Å². The van der Waals surface area contributed by atoms with Gasteiger partial charge >= 0.3 is 5.69 Å². The quantitative estimate of drug-likeness (QED) is 0.290. The second-order valence-electron chi connectivity index (χ2n) is 12.3. The number of piperazine rings is 1. The van der Waals surface area contributed by atoms with E-state index in [4.69, 9.17) is 4.78 Å². The van der Waals surface area contributed by atoms with Gasteiger partial charge in [0.1, 0.15) is 17.3 Å². The van der Waals surface area contributed by atoms with Gasteiger partial charge in [-0.15, -0.1) is 0 Å². The first-order valence-electron chi connectivity index (χ1n) is 15.5. The molecule has 0 spiro atoms. The van der Waals surface area contributed by atoms with Crippen LogP contribution in [0.15, 0.2) is 58.9 Å². The smallest absolute Gasteiger partial charge is 0.355 e. The van der Waals surface area contributed by atoms with Crippen molar-refractivity contribution in [3.63, 3.8) is 0 Å². The monoisotopic (exact) mass is 662 g/mol. The van der Waals surface area contributed by atoms with Crippen LogP contribution in [-0.4, -0.2) is 72.0 Å². The van der Waals surface area contributed by atoms with Crippen molar-refractivity contribution in [2.75, 3.05) is 35.6 Å². The molecule has 246 valence electrons. The van der Waals surface area contributed by atoms with E-state index < -0.39 is 27.1 Å². The Kier molecular flexibility index (Phi) is 8.32. The number of pyridine rings is 2. The number of hydrogen-bond donors (Lipinski definition) is 2. The highest BCUT2D eigenvalue weighted by Crippen LogP contribution is 2.38. The van der Waals surface area contributed by atoms with Gasteiger partial charge in [-0.1, -0.05) is 26.5 Å². The summed E-state index contributed by atoms with van der Waals surface area (Å²) in [5.74, 6) is -2.00. The standard InChI is InChI=1S/C33H36F2N8O3S/c1-6-26(44)41-16-20(5)42(17-19(41)4)31-21-15-23(35)29-27-22(34)9-7-10-24(27)37-12-8-14-47(36,46)25-11-13-38-28(18(2)3)30(25)43(32(21)39-29)33(45)40-31/h6-7,9-11,13,15,18-20,36-37H,1,8,12,14,16-17H2,2-5H3/t19-,20+,47?/m1/s1. The second kappa shape index (κ2) is 12.1. The largest absolute Gasteiger partial charge is 0.384 e. The van der Waals surface area contributed by atoms with Gasteiger partial charge in [0.25, 0.3) is 0 Å². The number of hydrogen-bond acceptors (Lipinski definition) is 9. The summed E-state index contributed by atoms with van der Waals surface area (Å²) in [6.45, 7) is 11.8. The summed E-state index contributed by atoms with van der Waals surface area (Å²) in [4.78, 5) is 44.1. The molecule has 1 unspecified atom stereocenters. The average Bonchev–Trinajstić information content (AvgIpc) is 3.03. The lowest BCUT2D eigenvalue weighted by atomic mass is 10.0. The zero-order chi connectivity index (χ0) is 33.8. The van der Waals surface area contributed by atoms with Crippen molar-refractivity contribution in [2.24, 2.45) is 0 Å². The van der Waals surface area contributed by atoms with Crippen molar-refractivity contribution in [1.29, 1.82) is 4.78 Å². The Morgan fingerprint density at radius 3 is 2.64 bits per heavy atom. The zero-order valence-electron chi connectivity index (χ0n) is 26.6. The molecule has 1 fully saturated rings. The predicted octanol–water partition coefficient (Wildman–Crippen LogP) is 5.08. The van der Waals surface area contributed by atoms with E-state index in [9.17, 15) is 13.8 Å². The van der Waals surface area contributed by atoms with Crippen molar-refractivity contribution in [2.45, 2.75) is 57.0 Å². The van der Waals surface area contributed by atoms with Gasteiger partial charge in [-0.05, 0) is 56.5 Å². The molecule has 1 saturated heterocycles. The summed E-state index contributed by atoms with van der Waals surface area (Å²) in [7, 11) is -3.50. The Morgan fingerprint density at radius 2 is 1.91 bits per heavy atom. The first-order chi connectivity index (χ1) is 22.3. The summed E-state index contributed by atoms with van der Waals surface area (Å²) in [5, 5.41) is 3.25. The third kappa shape index (κ3) is 5.53. The number of fused-ring (bicyclic) bond motifs is 5. The maximum absolute atomic E-state index is 16.3. The maximum atomic E-state index is 16.3. The summed E-state index contributed by atoms with van der Waals surface area (Å²) in [6, 6.07) is 6.30. The number of aromatic nitrogens is 4. The van der Waals surface area contributed by atoms with Gasteiger partial charge in [0.05, 0.1) is 37.0 Å². The fourth-order valence-corrected chi connectivity index (χ4v) is 7.99. The summed E-state index contributed by atoms with van der Waals surface area (Å²) in [6.07, 6.45) is 2.98. The number of anilines is 2. The van der Waals surface area contributed by atoms with Gasteiger partial charge in [-0.25, -0.2) is 32.1 Å². The van der Waals surface area contributed by atoms with Gasteiger partial charge in [-0.3, -0.25) is 9.78 Å². The van der Waals surface area contributed by atoms with Crippen molar-refractivity contribution < 1.29 is 17.8 Å². The first-order valence-corrected chi connectivity index (χ1v) is 17.2. The van der Waals surface area contributed by atoms with E-state index in [0.717, 1.165) is 4.57 Å². The molecule has 11 nitrogen and oxygen atoms in total. The number of rotatable bonds is 3. The number of halogens is 2. The van der Waals surface area contributed by atoms with Crippen LogP contribution in [0.1, 0.15) is 45.7 Å². The van der Waals surface area contributed by atoms with E-state index in [2.05, 4.69) is 26.8 Å². The lowest BCUT2D eigenvalue weighted by Gasteiger charge is -2.44. The molecule has 2 aliphatic rings. The number of carbonyl (C=O) groups is 1. The molecule has 1 amide bonds. The Morgan fingerprint density at radius 1 is 1.15 bits per heavy atom. The third-order valence-corrected chi connectivity index (χ3v) is 10.6. The summed E-state index contributed by atoms with van der Waals surface area (Å²) in [5.41, 5.74) is -0.563.